The monoisotopic (exact) mass is 291 g/mol. The number of nitrogens with zero attached hydrogens (tertiary/aromatic N) is 1. The minimum absolute atomic E-state index is 0.0640. The van der Waals surface area contributed by atoms with Crippen molar-refractivity contribution in [1.29, 1.82) is 0 Å². The molecule has 0 radical (unpaired) electrons. The maximum absolute atomic E-state index is 11.6. The van der Waals surface area contributed by atoms with Crippen LogP contribution < -0.4 is 3.71 Å². The Labute approximate surface area is 106 Å². The Kier molecular flexibility index (Phi) is 3.12. The number of hydrogen-bond donors (Lipinski definition) is 0. The summed E-state index contributed by atoms with van der Waals surface area (Å²) in [4.78, 5) is 0. The molecule has 1 heterocycles. The molecule has 18 heavy (non-hydrogen) atoms. The molecule has 1 saturated heterocycles. The van der Waals surface area contributed by atoms with E-state index in [0.717, 1.165) is 18.1 Å². The number of benzene rings is 1. The molecule has 1 aliphatic rings. The smallest absolute Gasteiger partial charge is 0.245 e. The van der Waals surface area contributed by atoms with Gasteiger partial charge in [0.05, 0.1) is 24.8 Å². The molecule has 0 aliphatic carbocycles. The summed E-state index contributed by atoms with van der Waals surface area (Å²) in [6, 6.07) is 6.33. The van der Waals surface area contributed by atoms with E-state index in [1.54, 1.807) is 12.1 Å². The number of ether oxygens (including phenoxy) is 1. The fraction of sp³-hybridized carbons (Fsp3) is 0.400. The summed E-state index contributed by atoms with van der Waals surface area (Å²) in [6.07, 6.45) is 1.65. The van der Waals surface area contributed by atoms with Gasteiger partial charge in [0.15, 0.2) is 0 Å². The second-order valence-electron chi connectivity index (χ2n) is 4.14. The molecule has 0 amide bonds. The van der Waals surface area contributed by atoms with Crippen LogP contribution in [0, 0.1) is 0 Å². The lowest BCUT2D eigenvalue weighted by molar-refractivity contribution is 0.415. The molecule has 2 rings (SSSR count). The largest absolute Gasteiger partial charge is 0.368 e. The van der Waals surface area contributed by atoms with Crippen LogP contribution >= 0.6 is 0 Å². The predicted molar refractivity (Wildman–Crippen MR) is 67.3 cm³/mol. The lowest BCUT2D eigenvalue weighted by Crippen LogP contribution is -2.35. The number of sulfonamides is 2. The van der Waals surface area contributed by atoms with Crippen LogP contribution in [0.4, 0.5) is 5.69 Å². The number of anilines is 1. The first-order valence-corrected chi connectivity index (χ1v) is 8.81. The highest BCUT2D eigenvalue weighted by atomic mass is 32.3. The average molecular weight is 291 g/mol. The molecule has 1 aromatic carbocycles. The molecule has 0 unspecified atom stereocenters. The molecule has 0 N–H and O–H groups in total. The summed E-state index contributed by atoms with van der Waals surface area (Å²) in [7, 11) is -7.79. The van der Waals surface area contributed by atoms with E-state index in [4.69, 9.17) is 4.74 Å². The second-order valence-corrected chi connectivity index (χ2v) is 8.03. The Morgan fingerprint density at radius 2 is 1.72 bits per heavy atom. The summed E-state index contributed by atoms with van der Waals surface area (Å²) in [6.45, 7) is 0.571. The molecule has 1 fully saturated rings. The number of rotatable bonds is 4. The van der Waals surface area contributed by atoms with Crippen molar-refractivity contribution in [3.05, 3.63) is 29.8 Å². The fourth-order valence-electron chi connectivity index (χ4n) is 1.71. The predicted octanol–water partition coefficient (Wildman–Crippen LogP) is 0.484. The molecule has 1 aliphatic heterocycles. The van der Waals surface area contributed by atoms with Gasteiger partial charge in [-0.05, 0) is 17.7 Å². The maximum Gasteiger partial charge on any atom is 0.245 e. The lowest BCUT2D eigenvalue weighted by Gasteiger charge is -2.20. The van der Waals surface area contributed by atoms with Gasteiger partial charge in [0, 0.05) is 0 Å². The summed E-state index contributed by atoms with van der Waals surface area (Å²) in [5, 5.41) is 0. The van der Waals surface area contributed by atoms with Crippen LogP contribution in [0.2, 0.25) is 0 Å². The van der Waals surface area contributed by atoms with Crippen molar-refractivity contribution < 1.29 is 21.6 Å². The Hall–Kier alpha value is -1.12. The summed E-state index contributed by atoms with van der Waals surface area (Å²) in [5.74, 6) is 0. The molecule has 0 spiro atoms. The van der Waals surface area contributed by atoms with Gasteiger partial charge in [-0.1, -0.05) is 12.1 Å². The van der Waals surface area contributed by atoms with Gasteiger partial charge >= 0.3 is 0 Å². The van der Waals surface area contributed by atoms with Gasteiger partial charge in [-0.25, -0.2) is 16.8 Å². The zero-order chi connectivity index (χ0) is 13.6. The van der Waals surface area contributed by atoms with Crippen molar-refractivity contribution in [3.8, 4) is 0 Å². The zero-order valence-electron chi connectivity index (χ0n) is 9.90. The van der Waals surface area contributed by atoms with Crippen LogP contribution in [-0.4, -0.2) is 36.0 Å². The minimum Gasteiger partial charge on any atom is -0.368 e. The van der Waals surface area contributed by atoms with E-state index < -0.39 is 20.0 Å². The first-order chi connectivity index (χ1) is 8.19. The van der Waals surface area contributed by atoms with Crippen molar-refractivity contribution in [1.82, 2.24) is 0 Å². The molecule has 0 bridgehead atoms. The van der Waals surface area contributed by atoms with Crippen molar-refractivity contribution in [2.24, 2.45) is 0 Å². The van der Waals surface area contributed by atoms with E-state index in [1.165, 1.54) is 12.1 Å². The average Bonchev–Trinajstić information content (AvgIpc) is 2.95. The van der Waals surface area contributed by atoms with Crippen LogP contribution in [0.3, 0.4) is 0 Å². The van der Waals surface area contributed by atoms with Gasteiger partial charge in [-0.2, -0.15) is 3.71 Å². The molecule has 100 valence electrons. The van der Waals surface area contributed by atoms with Crippen molar-refractivity contribution in [3.63, 3.8) is 0 Å². The third-order valence-electron chi connectivity index (χ3n) is 2.39. The van der Waals surface area contributed by atoms with Crippen molar-refractivity contribution >= 4 is 25.7 Å². The van der Waals surface area contributed by atoms with Gasteiger partial charge < -0.3 is 4.74 Å². The molecule has 1 atom stereocenters. The fourth-order valence-corrected chi connectivity index (χ4v) is 4.67. The van der Waals surface area contributed by atoms with Crippen LogP contribution in [-0.2, 0) is 24.8 Å². The number of hydrogen-bond acceptors (Lipinski definition) is 5. The van der Waals surface area contributed by atoms with E-state index in [-0.39, 0.29) is 11.8 Å². The topological polar surface area (TPSA) is 84.1 Å². The number of epoxide rings is 1. The van der Waals surface area contributed by atoms with Crippen LogP contribution in [0.5, 0.6) is 0 Å². The first-order valence-electron chi connectivity index (χ1n) is 5.11. The van der Waals surface area contributed by atoms with E-state index in [1.807, 2.05) is 0 Å². The van der Waals surface area contributed by atoms with E-state index in [2.05, 4.69) is 0 Å². The highest BCUT2D eigenvalue weighted by Crippen LogP contribution is 2.32. The van der Waals surface area contributed by atoms with E-state index >= 15 is 0 Å². The minimum atomic E-state index is -3.89. The van der Waals surface area contributed by atoms with Crippen LogP contribution in [0.15, 0.2) is 24.3 Å². The molecule has 6 nitrogen and oxygen atoms in total. The van der Waals surface area contributed by atoms with Gasteiger partial charge in [0.1, 0.15) is 6.10 Å². The quantitative estimate of drug-likeness (QED) is 0.754. The molecule has 1 aromatic rings. The molecule has 0 saturated carbocycles. The molecular weight excluding hydrogens is 278 g/mol. The van der Waals surface area contributed by atoms with E-state index in [0.29, 0.717) is 10.3 Å². The lowest BCUT2D eigenvalue weighted by atomic mass is 10.1. The van der Waals surface area contributed by atoms with Gasteiger partial charge in [0.25, 0.3) is 0 Å². The molecule has 8 heteroatoms. The standard InChI is InChI=1S/C10H13NO5S2/c1-17(12,13)11(18(2,14)15)9-5-3-4-8(6-9)10-7-16-10/h3-6,10H,7H2,1-2H3/t10-/m1/s1. The normalized spacial score (nSPS) is 19.6. The zero-order valence-corrected chi connectivity index (χ0v) is 11.5. The van der Waals surface area contributed by atoms with Gasteiger partial charge in [-0.3, -0.25) is 0 Å². The second kappa shape index (κ2) is 4.22. The summed E-state index contributed by atoms with van der Waals surface area (Å²) >= 11 is 0. The third-order valence-corrected chi connectivity index (χ3v) is 5.64. The molecular formula is C10H13NO5S2. The van der Waals surface area contributed by atoms with Crippen LogP contribution in [0.25, 0.3) is 0 Å². The maximum atomic E-state index is 11.6. The Morgan fingerprint density at radius 1 is 1.17 bits per heavy atom. The highest BCUT2D eigenvalue weighted by molar-refractivity contribution is 8.09. The molecule has 0 aromatic heterocycles. The van der Waals surface area contributed by atoms with Crippen LogP contribution in [0.1, 0.15) is 11.7 Å². The Balaban J connectivity index is 2.52. The van der Waals surface area contributed by atoms with E-state index in [9.17, 15) is 16.8 Å². The summed E-state index contributed by atoms with van der Waals surface area (Å²) in [5.41, 5.74) is 0.873. The highest BCUT2D eigenvalue weighted by Gasteiger charge is 2.30. The van der Waals surface area contributed by atoms with Gasteiger partial charge in [0.2, 0.25) is 20.0 Å². The van der Waals surface area contributed by atoms with Crippen molar-refractivity contribution in [2.45, 2.75) is 6.10 Å². The Bertz CT molecular complexity index is 629. The SMILES string of the molecule is CS(=O)(=O)N(c1cccc([C@H]2CO2)c1)S(C)(=O)=O. The summed E-state index contributed by atoms with van der Waals surface area (Å²) < 4.78 is 51.9. The first kappa shape index (κ1) is 13.3. The van der Waals surface area contributed by atoms with Crippen molar-refractivity contribution in [2.75, 3.05) is 22.8 Å². The Morgan fingerprint density at radius 3 is 2.17 bits per heavy atom. The van der Waals surface area contributed by atoms with Gasteiger partial charge in [-0.15, -0.1) is 0 Å². The third kappa shape index (κ3) is 2.82.